The maximum absolute atomic E-state index is 12.7. The zero-order valence-corrected chi connectivity index (χ0v) is 18.9. The van der Waals surface area contributed by atoms with Gasteiger partial charge in [0.25, 0.3) is 0 Å². The Morgan fingerprint density at radius 2 is 2.00 bits per heavy atom. The van der Waals surface area contributed by atoms with Crippen LogP contribution in [0.25, 0.3) is 0 Å². The molecule has 166 valence electrons. The summed E-state index contributed by atoms with van der Waals surface area (Å²) in [5.74, 6) is 0.786. The van der Waals surface area contributed by atoms with Crippen LogP contribution in [0, 0.1) is 5.92 Å². The van der Waals surface area contributed by atoms with Gasteiger partial charge in [0.2, 0.25) is 5.91 Å². The second-order valence-electron chi connectivity index (χ2n) is 7.93. The molecular weight excluding hydrogens is 413 g/mol. The number of carbonyl (C=O) groups excluding carboxylic acids is 1. The average molecular weight is 448 g/mol. The molecule has 1 aliphatic heterocycles. The van der Waals surface area contributed by atoms with Crippen molar-refractivity contribution in [3.8, 4) is 5.75 Å². The number of halogens is 2. The summed E-state index contributed by atoms with van der Waals surface area (Å²) in [4.78, 5) is 15.0. The zero-order chi connectivity index (χ0) is 19.1. The van der Waals surface area contributed by atoms with Gasteiger partial charge in [-0.25, -0.2) is 0 Å². The van der Waals surface area contributed by atoms with E-state index in [0.29, 0.717) is 13.2 Å². The van der Waals surface area contributed by atoms with E-state index in [-0.39, 0.29) is 36.6 Å². The molecule has 1 aromatic rings. The van der Waals surface area contributed by atoms with Crippen LogP contribution >= 0.6 is 24.8 Å². The number of ether oxygens (including phenoxy) is 2. The summed E-state index contributed by atoms with van der Waals surface area (Å²) in [6.07, 6.45) is 3.96. The highest BCUT2D eigenvalue weighted by Gasteiger charge is 2.37. The number of rotatable bonds is 7. The van der Waals surface area contributed by atoms with Gasteiger partial charge in [0.1, 0.15) is 12.4 Å². The van der Waals surface area contributed by atoms with Gasteiger partial charge in [0, 0.05) is 37.3 Å². The monoisotopic (exact) mass is 447 g/mol. The largest absolute Gasteiger partial charge is 0.492 e. The number of benzene rings is 1. The van der Waals surface area contributed by atoms with Gasteiger partial charge in [0.15, 0.2) is 0 Å². The van der Waals surface area contributed by atoms with Crippen molar-refractivity contribution >= 4 is 30.7 Å². The lowest BCUT2D eigenvalue weighted by atomic mass is 9.74. The number of hydrogen-bond acceptors (Lipinski definition) is 5. The quantitative estimate of drug-likeness (QED) is 0.671. The first kappa shape index (κ1) is 26.0. The van der Waals surface area contributed by atoms with Crippen molar-refractivity contribution in [3.63, 3.8) is 0 Å². The molecule has 1 saturated carbocycles. The minimum atomic E-state index is -0.406. The number of nitrogens with zero attached hydrogens (tertiary/aromatic N) is 1. The summed E-state index contributed by atoms with van der Waals surface area (Å²) >= 11 is 0. The number of carbonyl (C=O) groups is 1. The maximum Gasteiger partial charge on any atom is 0.225 e. The zero-order valence-electron chi connectivity index (χ0n) is 17.2. The van der Waals surface area contributed by atoms with Crippen molar-refractivity contribution in [2.45, 2.75) is 44.7 Å². The van der Waals surface area contributed by atoms with Crippen molar-refractivity contribution in [3.05, 3.63) is 29.8 Å². The van der Waals surface area contributed by atoms with Gasteiger partial charge in [-0.3, -0.25) is 9.69 Å². The first-order valence-corrected chi connectivity index (χ1v) is 10.1. The van der Waals surface area contributed by atoms with E-state index >= 15 is 0 Å². The Labute approximate surface area is 186 Å². The molecule has 1 amide bonds. The number of nitrogens with one attached hydrogen (secondary N) is 1. The number of amides is 1. The SMILES string of the molecule is CC1(N)CCCCC1C(=O)NCc1ccccc1OCCN1CCOCC1.Cl.Cl. The highest BCUT2D eigenvalue weighted by atomic mass is 35.5. The molecule has 3 N–H and O–H groups in total. The van der Waals surface area contributed by atoms with E-state index < -0.39 is 5.54 Å². The molecule has 8 heteroatoms. The summed E-state index contributed by atoms with van der Waals surface area (Å²) in [7, 11) is 0. The lowest BCUT2D eigenvalue weighted by Crippen LogP contribution is -2.52. The molecule has 1 saturated heterocycles. The van der Waals surface area contributed by atoms with Crippen molar-refractivity contribution in [1.82, 2.24) is 10.2 Å². The fraction of sp³-hybridized carbons (Fsp3) is 0.667. The molecule has 0 aromatic heterocycles. The molecule has 1 aliphatic carbocycles. The van der Waals surface area contributed by atoms with Crippen LogP contribution in [-0.4, -0.2) is 55.8 Å². The number of para-hydroxylation sites is 1. The normalized spacial score (nSPS) is 24.7. The van der Waals surface area contributed by atoms with Crippen LogP contribution in [0.3, 0.4) is 0 Å². The van der Waals surface area contributed by atoms with Crippen LogP contribution in [-0.2, 0) is 16.1 Å². The van der Waals surface area contributed by atoms with Crippen molar-refractivity contribution < 1.29 is 14.3 Å². The van der Waals surface area contributed by atoms with E-state index in [1.54, 1.807) is 0 Å². The Morgan fingerprint density at radius 1 is 1.28 bits per heavy atom. The minimum absolute atomic E-state index is 0. The van der Waals surface area contributed by atoms with E-state index in [9.17, 15) is 4.79 Å². The van der Waals surface area contributed by atoms with Gasteiger partial charge in [0.05, 0.1) is 19.1 Å². The Bertz CT molecular complexity index is 625. The predicted octanol–water partition coefficient (Wildman–Crippen LogP) is 2.77. The van der Waals surface area contributed by atoms with Gasteiger partial charge in [-0.1, -0.05) is 31.0 Å². The van der Waals surface area contributed by atoms with Crippen molar-refractivity contribution in [1.29, 1.82) is 0 Å². The number of nitrogens with two attached hydrogens (primary N) is 1. The maximum atomic E-state index is 12.7. The van der Waals surface area contributed by atoms with E-state index in [1.165, 1.54) is 0 Å². The van der Waals surface area contributed by atoms with Crippen LogP contribution in [0.4, 0.5) is 0 Å². The molecular formula is C21H35Cl2N3O3. The van der Waals surface area contributed by atoms with Gasteiger partial charge >= 0.3 is 0 Å². The molecule has 6 nitrogen and oxygen atoms in total. The highest BCUT2D eigenvalue weighted by molar-refractivity contribution is 5.85. The molecule has 0 radical (unpaired) electrons. The second kappa shape index (κ2) is 12.6. The van der Waals surface area contributed by atoms with Crippen LogP contribution in [0.1, 0.15) is 38.2 Å². The fourth-order valence-corrected chi connectivity index (χ4v) is 3.99. The van der Waals surface area contributed by atoms with Gasteiger partial charge in [-0.2, -0.15) is 0 Å². The van der Waals surface area contributed by atoms with E-state index in [4.69, 9.17) is 15.2 Å². The molecule has 29 heavy (non-hydrogen) atoms. The highest BCUT2D eigenvalue weighted by Crippen LogP contribution is 2.31. The third kappa shape index (κ3) is 7.61. The Kier molecular flexibility index (Phi) is 11.3. The lowest BCUT2D eigenvalue weighted by molar-refractivity contribution is -0.128. The molecule has 2 atom stereocenters. The predicted molar refractivity (Wildman–Crippen MR) is 120 cm³/mol. The van der Waals surface area contributed by atoms with Gasteiger partial charge in [-0.15, -0.1) is 24.8 Å². The Morgan fingerprint density at radius 3 is 2.72 bits per heavy atom. The third-order valence-electron chi connectivity index (χ3n) is 5.77. The van der Waals surface area contributed by atoms with Crippen LogP contribution in [0.15, 0.2) is 24.3 Å². The Balaban J connectivity index is 0.00000210. The van der Waals surface area contributed by atoms with Crippen molar-refractivity contribution in [2.75, 3.05) is 39.5 Å². The molecule has 2 fully saturated rings. The van der Waals surface area contributed by atoms with Gasteiger partial charge < -0.3 is 20.5 Å². The second-order valence-corrected chi connectivity index (χ2v) is 7.93. The van der Waals surface area contributed by atoms with Crippen LogP contribution < -0.4 is 15.8 Å². The first-order valence-electron chi connectivity index (χ1n) is 10.1. The summed E-state index contributed by atoms with van der Waals surface area (Å²) < 4.78 is 11.4. The summed E-state index contributed by atoms with van der Waals surface area (Å²) in [5.41, 5.74) is 6.96. The van der Waals surface area contributed by atoms with Crippen LogP contribution in [0.2, 0.25) is 0 Å². The summed E-state index contributed by atoms with van der Waals surface area (Å²) in [6.45, 7) is 7.50. The summed E-state index contributed by atoms with van der Waals surface area (Å²) in [6, 6.07) is 7.92. The average Bonchev–Trinajstić information content (AvgIpc) is 2.67. The van der Waals surface area contributed by atoms with E-state index in [2.05, 4.69) is 10.2 Å². The summed E-state index contributed by atoms with van der Waals surface area (Å²) in [5, 5.41) is 3.08. The van der Waals surface area contributed by atoms with Crippen LogP contribution in [0.5, 0.6) is 5.75 Å². The molecule has 3 rings (SSSR count). The van der Waals surface area contributed by atoms with E-state index in [1.807, 2.05) is 31.2 Å². The molecule has 1 aromatic carbocycles. The Hall–Kier alpha value is -1.05. The molecule has 2 unspecified atom stereocenters. The molecule has 0 bridgehead atoms. The number of hydrogen-bond donors (Lipinski definition) is 2. The molecule has 1 heterocycles. The third-order valence-corrected chi connectivity index (χ3v) is 5.77. The minimum Gasteiger partial charge on any atom is -0.492 e. The standard InChI is InChI=1S/C21H33N3O3.2ClH/c1-21(22)9-5-4-7-18(21)20(25)23-16-17-6-2-3-8-19(17)27-15-12-24-10-13-26-14-11-24;;/h2-3,6,8,18H,4-5,7,9-16,22H2,1H3,(H,23,25);2*1H. The van der Waals surface area contributed by atoms with E-state index in [0.717, 1.165) is 69.8 Å². The van der Waals surface area contributed by atoms with Crippen molar-refractivity contribution in [2.24, 2.45) is 11.7 Å². The fourth-order valence-electron chi connectivity index (χ4n) is 3.99. The molecule has 0 spiro atoms. The van der Waals surface area contributed by atoms with Gasteiger partial charge in [-0.05, 0) is 25.8 Å². The first-order chi connectivity index (χ1) is 13.1. The lowest BCUT2D eigenvalue weighted by Gasteiger charge is -2.37. The number of morpholine rings is 1. The smallest absolute Gasteiger partial charge is 0.225 e. The molecule has 2 aliphatic rings. The topological polar surface area (TPSA) is 76.8 Å².